The Morgan fingerprint density at radius 3 is 2.86 bits per heavy atom. The zero-order valence-corrected chi connectivity index (χ0v) is 12.1. The Hall–Kier alpha value is -2.08. The van der Waals surface area contributed by atoms with Crippen LogP contribution in [0.15, 0.2) is 30.3 Å². The average Bonchev–Trinajstić information content (AvgIpc) is 2.51. The van der Waals surface area contributed by atoms with E-state index in [9.17, 15) is 9.59 Å². The number of hydrogen-bond acceptors (Lipinski definition) is 3. The molecule has 0 unspecified atom stereocenters. The first-order valence-corrected chi connectivity index (χ1v) is 7.10. The third-order valence-corrected chi connectivity index (χ3v) is 3.49. The van der Waals surface area contributed by atoms with E-state index >= 15 is 0 Å². The van der Waals surface area contributed by atoms with Gasteiger partial charge in [-0.3, -0.25) is 4.79 Å². The van der Waals surface area contributed by atoms with E-state index in [0.717, 1.165) is 12.0 Å². The van der Waals surface area contributed by atoms with Crippen molar-refractivity contribution in [2.24, 2.45) is 0 Å². The molecule has 0 aromatic heterocycles. The van der Waals surface area contributed by atoms with E-state index in [-0.39, 0.29) is 18.0 Å². The first-order valence-electron chi connectivity index (χ1n) is 7.10. The van der Waals surface area contributed by atoms with Crippen molar-refractivity contribution in [3.05, 3.63) is 35.9 Å². The zero-order chi connectivity index (χ0) is 15.1. The van der Waals surface area contributed by atoms with Gasteiger partial charge in [0.25, 0.3) is 0 Å². The Kier molecular flexibility index (Phi) is 5.57. The predicted octanol–water partition coefficient (Wildman–Crippen LogP) is 0.952. The molecule has 1 saturated heterocycles. The second-order valence-corrected chi connectivity index (χ2v) is 4.98. The summed E-state index contributed by atoms with van der Waals surface area (Å²) in [6.07, 6.45) is 1.34. The number of carbonyl (C=O) groups excluding carboxylic acids is 2. The van der Waals surface area contributed by atoms with Crippen molar-refractivity contribution in [2.45, 2.75) is 25.0 Å². The molecule has 2 atom stereocenters. The standard InChI is InChI=1S/C15H21N3O3/c1-21-13(11-6-3-2-4-7-11)10-17-15(20)18-12-8-5-9-16-14(12)19/h2-4,6-7,12-13H,5,8-10H2,1H3,(H,16,19)(H2,17,18,20)/t12-,13+/m1/s1. The third-order valence-electron chi connectivity index (χ3n) is 3.49. The lowest BCUT2D eigenvalue weighted by Crippen LogP contribution is -2.53. The van der Waals surface area contributed by atoms with Crippen LogP contribution in [0.1, 0.15) is 24.5 Å². The molecule has 3 N–H and O–H groups in total. The van der Waals surface area contributed by atoms with Crippen molar-refractivity contribution in [3.8, 4) is 0 Å². The molecule has 1 fully saturated rings. The number of carbonyl (C=O) groups is 2. The molecular weight excluding hydrogens is 270 g/mol. The smallest absolute Gasteiger partial charge is 0.315 e. The summed E-state index contributed by atoms with van der Waals surface area (Å²) >= 11 is 0. The quantitative estimate of drug-likeness (QED) is 0.756. The van der Waals surface area contributed by atoms with Crippen LogP contribution < -0.4 is 16.0 Å². The first-order chi connectivity index (χ1) is 10.2. The molecule has 0 radical (unpaired) electrons. The Balaban J connectivity index is 1.81. The maximum Gasteiger partial charge on any atom is 0.315 e. The number of benzene rings is 1. The molecule has 0 bridgehead atoms. The second kappa shape index (κ2) is 7.64. The van der Waals surface area contributed by atoms with E-state index in [1.807, 2.05) is 30.3 Å². The molecule has 0 spiro atoms. The minimum atomic E-state index is -0.448. The molecule has 114 valence electrons. The fourth-order valence-corrected chi connectivity index (χ4v) is 2.31. The van der Waals surface area contributed by atoms with Gasteiger partial charge in [-0.1, -0.05) is 30.3 Å². The fourth-order valence-electron chi connectivity index (χ4n) is 2.31. The van der Waals surface area contributed by atoms with Gasteiger partial charge in [-0.15, -0.1) is 0 Å². The van der Waals surface area contributed by atoms with Gasteiger partial charge < -0.3 is 20.7 Å². The van der Waals surface area contributed by atoms with Crippen molar-refractivity contribution >= 4 is 11.9 Å². The summed E-state index contributed by atoms with van der Waals surface area (Å²) in [7, 11) is 1.60. The van der Waals surface area contributed by atoms with E-state index in [1.54, 1.807) is 7.11 Å². The Morgan fingerprint density at radius 1 is 1.43 bits per heavy atom. The number of methoxy groups -OCH3 is 1. The molecule has 1 aliphatic heterocycles. The van der Waals surface area contributed by atoms with Crippen LogP contribution in [0.3, 0.4) is 0 Å². The topological polar surface area (TPSA) is 79.5 Å². The van der Waals surface area contributed by atoms with Gasteiger partial charge in [-0.25, -0.2) is 4.79 Å². The summed E-state index contributed by atoms with van der Waals surface area (Å²) in [4.78, 5) is 23.4. The van der Waals surface area contributed by atoms with Crippen LogP contribution in [0.4, 0.5) is 4.79 Å². The molecule has 0 saturated carbocycles. The molecule has 1 heterocycles. The number of ether oxygens (including phenoxy) is 1. The monoisotopic (exact) mass is 291 g/mol. The fraction of sp³-hybridized carbons (Fsp3) is 0.467. The van der Waals surface area contributed by atoms with Crippen LogP contribution in [-0.4, -0.2) is 38.2 Å². The lowest BCUT2D eigenvalue weighted by Gasteiger charge is -2.23. The zero-order valence-electron chi connectivity index (χ0n) is 12.1. The molecule has 1 aliphatic rings. The summed E-state index contributed by atoms with van der Waals surface area (Å²) in [6, 6.07) is 8.87. The molecule has 1 aromatic rings. The molecule has 6 nitrogen and oxygen atoms in total. The van der Waals surface area contributed by atoms with E-state index in [2.05, 4.69) is 16.0 Å². The minimum absolute atomic E-state index is 0.122. The molecule has 0 aliphatic carbocycles. The lowest BCUT2D eigenvalue weighted by molar-refractivity contribution is -0.124. The number of amides is 3. The number of rotatable bonds is 5. The highest BCUT2D eigenvalue weighted by Gasteiger charge is 2.23. The average molecular weight is 291 g/mol. The molecule has 2 rings (SSSR count). The molecule has 1 aromatic carbocycles. The van der Waals surface area contributed by atoms with Gasteiger partial charge in [0.2, 0.25) is 5.91 Å². The molecular formula is C15H21N3O3. The Morgan fingerprint density at radius 2 is 2.19 bits per heavy atom. The number of urea groups is 1. The minimum Gasteiger partial charge on any atom is -0.375 e. The third kappa shape index (κ3) is 4.46. The van der Waals surface area contributed by atoms with Gasteiger partial charge in [-0.05, 0) is 18.4 Å². The highest BCUT2D eigenvalue weighted by molar-refractivity contribution is 5.87. The van der Waals surface area contributed by atoms with Gasteiger partial charge in [0.15, 0.2) is 0 Å². The summed E-state index contributed by atoms with van der Waals surface area (Å²) in [5.41, 5.74) is 0.996. The largest absolute Gasteiger partial charge is 0.375 e. The van der Waals surface area contributed by atoms with E-state index in [0.29, 0.717) is 19.5 Å². The van der Waals surface area contributed by atoms with Gasteiger partial charge >= 0.3 is 6.03 Å². The first kappa shape index (κ1) is 15.3. The summed E-state index contributed by atoms with van der Waals surface area (Å²) in [5.74, 6) is -0.122. The van der Waals surface area contributed by atoms with E-state index in [4.69, 9.17) is 4.74 Å². The van der Waals surface area contributed by atoms with Crippen molar-refractivity contribution in [3.63, 3.8) is 0 Å². The Labute approximate surface area is 124 Å². The normalized spacial score (nSPS) is 19.5. The van der Waals surface area contributed by atoms with Crippen LogP contribution in [0, 0.1) is 0 Å². The summed E-state index contributed by atoms with van der Waals surface area (Å²) in [6.45, 7) is 1.03. The highest BCUT2D eigenvalue weighted by Crippen LogP contribution is 2.14. The van der Waals surface area contributed by atoms with E-state index in [1.165, 1.54) is 0 Å². The summed E-state index contributed by atoms with van der Waals surface area (Å²) in [5, 5.41) is 8.16. The molecule has 3 amide bonds. The van der Waals surface area contributed by atoms with Crippen LogP contribution in [-0.2, 0) is 9.53 Å². The summed E-state index contributed by atoms with van der Waals surface area (Å²) < 4.78 is 5.38. The highest BCUT2D eigenvalue weighted by atomic mass is 16.5. The van der Waals surface area contributed by atoms with Gasteiger partial charge in [0, 0.05) is 20.2 Å². The number of nitrogens with one attached hydrogen (secondary N) is 3. The lowest BCUT2D eigenvalue weighted by atomic mass is 10.1. The van der Waals surface area contributed by atoms with Crippen LogP contribution in [0.2, 0.25) is 0 Å². The van der Waals surface area contributed by atoms with Crippen LogP contribution in [0.25, 0.3) is 0 Å². The Bertz CT molecular complexity index is 478. The SMILES string of the molecule is CO[C@@H](CNC(=O)N[C@@H]1CCCNC1=O)c1ccccc1. The number of hydrogen-bond donors (Lipinski definition) is 3. The van der Waals surface area contributed by atoms with Gasteiger partial charge in [-0.2, -0.15) is 0 Å². The van der Waals surface area contributed by atoms with Crippen molar-refractivity contribution in [2.75, 3.05) is 20.2 Å². The van der Waals surface area contributed by atoms with Crippen LogP contribution >= 0.6 is 0 Å². The van der Waals surface area contributed by atoms with Crippen molar-refractivity contribution in [1.82, 2.24) is 16.0 Å². The predicted molar refractivity (Wildman–Crippen MR) is 78.8 cm³/mol. The van der Waals surface area contributed by atoms with Crippen LogP contribution in [0.5, 0.6) is 0 Å². The van der Waals surface area contributed by atoms with E-state index < -0.39 is 6.04 Å². The van der Waals surface area contributed by atoms with Gasteiger partial charge in [0.05, 0.1) is 6.10 Å². The second-order valence-electron chi connectivity index (χ2n) is 4.98. The number of piperidine rings is 1. The molecule has 6 heteroatoms. The maximum atomic E-state index is 11.9. The van der Waals surface area contributed by atoms with Crippen molar-refractivity contribution in [1.29, 1.82) is 0 Å². The molecule has 21 heavy (non-hydrogen) atoms. The van der Waals surface area contributed by atoms with Gasteiger partial charge in [0.1, 0.15) is 6.04 Å². The van der Waals surface area contributed by atoms with Crippen molar-refractivity contribution < 1.29 is 14.3 Å². The maximum absolute atomic E-state index is 11.9.